The molecule has 0 aliphatic carbocycles. The Kier molecular flexibility index (Phi) is 7.44. The summed E-state index contributed by atoms with van der Waals surface area (Å²) in [5, 5.41) is 9.59. The molecular formula is C20H25ClN2O2. The first kappa shape index (κ1) is 19.4. The highest BCUT2D eigenvalue weighted by Crippen LogP contribution is 2.26. The van der Waals surface area contributed by atoms with Gasteiger partial charge in [0.15, 0.2) is 0 Å². The van der Waals surface area contributed by atoms with E-state index >= 15 is 0 Å². The highest BCUT2D eigenvalue weighted by Gasteiger charge is 2.21. The van der Waals surface area contributed by atoms with Crippen LogP contribution in [-0.2, 0) is 4.79 Å². The molecule has 1 saturated heterocycles. The summed E-state index contributed by atoms with van der Waals surface area (Å²) < 4.78 is 0. The summed E-state index contributed by atoms with van der Waals surface area (Å²) in [7, 11) is 0. The zero-order valence-electron chi connectivity index (χ0n) is 14.3. The number of benzene rings is 2. The van der Waals surface area contributed by atoms with E-state index in [-0.39, 0.29) is 24.4 Å². The number of amides is 1. The minimum Gasteiger partial charge on any atom is -0.393 e. The molecule has 0 spiro atoms. The van der Waals surface area contributed by atoms with E-state index in [0.29, 0.717) is 6.42 Å². The van der Waals surface area contributed by atoms with Crippen LogP contribution in [0, 0.1) is 0 Å². The van der Waals surface area contributed by atoms with Gasteiger partial charge in [-0.05, 0) is 37.1 Å². The lowest BCUT2D eigenvalue weighted by molar-refractivity contribution is -0.118. The Balaban J connectivity index is 0.00000225. The molecule has 4 nitrogen and oxygen atoms in total. The van der Waals surface area contributed by atoms with Gasteiger partial charge in [0.05, 0.1) is 6.10 Å². The number of anilines is 2. The Morgan fingerprint density at radius 1 is 0.960 bits per heavy atom. The first-order valence-corrected chi connectivity index (χ1v) is 8.57. The maximum Gasteiger partial charge on any atom is 0.232 e. The molecule has 1 aliphatic heterocycles. The van der Waals surface area contributed by atoms with Gasteiger partial charge in [-0.25, -0.2) is 0 Å². The topological polar surface area (TPSA) is 43.8 Å². The average molecular weight is 361 g/mol. The monoisotopic (exact) mass is 360 g/mol. The third kappa shape index (κ3) is 5.30. The first-order chi connectivity index (χ1) is 11.7. The third-order valence-electron chi connectivity index (χ3n) is 4.48. The molecule has 1 heterocycles. The number of para-hydroxylation sites is 2. The van der Waals surface area contributed by atoms with Crippen LogP contribution in [0.15, 0.2) is 60.7 Å². The maximum atomic E-state index is 12.9. The molecule has 1 fully saturated rings. The van der Waals surface area contributed by atoms with Crippen molar-refractivity contribution >= 4 is 29.7 Å². The van der Waals surface area contributed by atoms with Gasteiger partial charge in [-0.1, -0.05) is 36.4 Å². The predicted octanol–water partition coefficient (Wildman–Crippen LogP) is 3.62. The molecule has 0 aromatic heterocycles. The second-order valence-corrected chi connectivity index (χ2v) is 6.22. The van der Waals surface area contributed by atoms with Crippen molar-refractivity contribution in [2.24, 2.45) is 0 Å². The van der Waals surface area contributed by atoms with Crippen LogP contribution in [0.3, 0.4) is 0 Å². The predicted molar refractivity (Wildman–Crippen MR) is 104 cm³/mol. The van der Waals surface area contributed by atoms with Crippen molar-refractivity contribution in [1.82, 2.24) is 4.90 Å². The molecule has 2 aromatic carbocycles. The second-order valence-electron chi connectivity index (χ2n) is 6.22. The lowest BCUT2D eigenvalue weighted by atomic mass is 10.1. The van der Waals surface area contributed by atoms with E-state index in [1.54, 1.807) is 4.90 Å². The number of hydrogen-bond acceptors (Lipinski definition) is 3. The van der Waals surface area contributed by atoms with E-state index in [1.807, 2.05) is 60.7 Å². The van der Waals surface area contributed by atoms with Crippen LogP contribution in [0.5, 0.6) is 0 Å². The van der Waals surface area contributed by atoms with Crippen LogP contribution in [-0.4, -0.2) is 41.7 Å². The molecule has 0 bridgehead atoms. The second kappa shape index (κ2) is 9.56. The summed E-state index contributed by atoms with van der Waals surface area (Å²) in [4.78, 5) is 17.0. The number of piperidine rings is 1. The molecule has 5 heteroatoms. The fraction of sp³-hybridized carbons (Fsp3) is 0.350. The summed E-state index contributed by atoms with van der Waals surface area (Å²) in [6.07, 6.45) is 1.90. The van der Waals surface area contributed by atoms with Crippen molar-refractivity contribution in [1.29, 1.82) is 0 Å². The van der Waals surface area contributed by atoms with Gasteiger partial charge < -0.3 is 10.0 Å². The molecule has 0 saturated carbocycles. The van der Waals surface area contributed by atoms with Crippen molar-refractivity contribution in [3.8, 4) is 0 Å². The van der Waals surface area contributed by atoms with Crippen molar-refractivity contribution in [3.05, 3.63) is 60.7 Å². The van der Waals surface area contributed by atoms with E-state index in [9.17, 15) is 9.90 Å². The fourth-order valence-corrected chi connectivity index (χ4v) is 3.10. The first-order valence-electron chi connectivity index (χ1n) is 8.57. The molecule has 134 valence electrons. The molecule has 1 N–H and O–H groups in total. The van der Waals surface area contributed by atoms with Gasteiger partial charge in [-0.2, -0.15) is 0 Å². The lowest BCUT2D eigenvalue weighted by Gasteiger charge is -2.30. The summed E-state index contributed by atoms with van der Waals surface area (Å²) in [6, 6.07) is 19.5. The largest absolute Gasteiger partial charge is 0.393 e. The Labute approximate surface area is 155 Å². The van der Waals surface area contributed by atoms with E-state index in [2.05, 4.69) is 4.90 Å². The number of hydrogen-bond donors (Lipinski definition) is 1. The van der Waals surface area contributed by atoms with Gasteiger partial charge in [0.2, 0.25) is 5.91 Å². The summed E-state index contributed by atoms with van der Waals surface area (Å²) >= 11 is 0. The van der Waals surface area contributed by atoms with E-state index in [1.165, 1.54) is 0 Å². The van der Waals surface area contributed by atoms with Gasteiger partial charge in [-0.15, -0.1) is 12.4 Å². The normalized spacial score (nSPS) is 15.4. The fourth-order valence-electron chi connectivity index (χ4n) is 3.10. The van der Waals surface area contributed by atoms with E-state index in [4.69, 9.17) is 0 Å². The van der Waals surface area contributed by atoms with Crippen LogP contribution in [0.2, 0.25) is 0 Å². The van der Waals surface area contributed by atoms with Crippen LogP contribution in [0.4, 0.5) is 11.4 Å². The lowest BCUT2D eigenvalue weighted by Crippen LogP contribution is -2.38. The zero-order valence-corrected chi connectivity index (χ0v) is 15.1. The highest BCUT2D eigenvalue weighted by atomic mass is 35.5. The summed E-state index contributed by atoms with van der Waals surface area (Å²) in [5.41, 5.74) is 1.78. The van der Waals surface area contributed by atoms with Gasteiger partial charge in [0.25, 0.3) is 0 Å². The summed E-state index contributed by atoms with van der Waals surface area (Å²) in [6.45, 7) is 2.47. The summed E-state index contributed by atoms with van der Waals surface area (Å²) in [5.74, 6) is 0.0959. The van der Waals surface area contributed by atoms with Gasteiger partial charge in [0, 0.05) is 37.4 Å². The smallest absolute Gasteiger partial charge is 0.232 e. The SMILES string of the molecule is Cl.O=C(CCN1CCC(O)CC1)N(c1ccccc1)c1ccccc1. The van der Waals surface area contributed by atoms with E-state index in [0.717, 1.165) is 43.9 Å². The van der Waals surface area contributed by atoms with Crippen LogP contribution < -0.4 is 4.90 Å². The Morgan fingerprint density at radius 3 is 1.92 bits per heavy atom. The molecular weight excluding hydrogens is 336 g/mol. The van der Waals surface area contributed by atoms with Gasteiger partial charge in [0.1, 0.15) is 0 Å². The number of carbonyl (C=O) groups excluding carboxylic acids is 1. The Bertz CT molecular complexity index is 604. The maximum absolute atomic E-state index is 12.9. The average Bonchev–Trinajstić information content (AvgIpc) is 2.63. The third-order valence-corrected chi connectivity index (χ3v) is 4.48. The molecule has 1 amide bonds. The van der Waals surface area contributed by atoms with Crippen LogP contribution >= 0.6 is 12.4 Å². The number of carbonyl (C=O) groups is 1. The number of rotatable bonds is 5. The quantitative estimate of drug-likeness (QED) is 0.885. The minimum absolute atomic E-state index is 0. The number of likely N-dealkylation sites (tertiary alicyclic amines) is 1. The molecule has 0 atom stereocenters. The van der Waals surface area contributed by atoms with Gasteiger partial charge in [-0.3, -0.25) is 9.69 Å². The van der Waals surface area contributed by atoms with Crippen LogP contribution in [0.25, 0.3) is 0 Å². The molecule has 3 rings (SSSR count). The number of halogens is 1. The zero-order chi connectivity index (χ0) is 16.8. The molecule has 1 aliphatic rings. The number of aliphatic hydroxyl groups excluding tert-OH is 1. The van der Waals surface area contributed by atoms with Crippen LogP contribution in [0.1, 0.15) is 19.3 Å². The van der Waals surface area contributed by atoms with Crippen molar-refractivity contribution in [2.75, 3.05) is 24.5 Å². The van der Waals surface area contributed by atoms with Gasteiger partial charge >= 0.3 is 0 Å². The number of aliphatic hydroxyl groups is 1. The molecule has 2 aromatic rings. The molecule has 0 unspecified atom stereocenters. The number of nitrogens with zero attached hydrogens (tertiary/aromatic N) is 2. The standard InChI is InChI=1S/C20H24N2O2.ClH/c23-19-11-14-21(15-12-19)16-13-20(24)22(17-7-3-1-4-8-17)18-9-5-2-6-10-18;/h1-10,19,23H,11-16H2;1H. The highest BCUT2D eigenvalue weighted by molar-refractivity contribution is 6.00. The Hall–Kier alpha value is -1.88. The van der Waals surface area contributed by atoms with E-state index < -0.39 is 0 Å². The van der Waals surface area contributed by atoms with Crippen molar-refractivity contribution in [3.63, 3.8) is 0 Å². The molecule has 0 radical (unpaired) electrons. The van der Waals surface area contributed by atoms with Crippen molar-refractivity contribution < 1.29 is 9.90 Å². The van der Waals surface area contributed by atoms with Crippen molar-refractivity contribution in [2.45, 2.75) is 25.4 Å². The molecule has 25 heavy (non-hydrogen) atoms. The Morgan fingerprint density at radius 2 is 1.44 bits per heavy atom. The minimum atomic E-state index is -0.179.